The molecule has 2 aromatic carbocycles. The Morgan fingerprint density at radius 2 is 2.04 bits per heavy atom. The quantitative estimate of drug-likeness (QED) is 0.676. The molecule has 0 saturated carbocycles. The third-order valence-electron chi connectivity index (χ3n) is 4.94. The van der Waals surface area contributed by atoms with E-state index in [1.807, 2.05) is 66.4 Å². The molecule has 144 valence electrons. The molecule has 1 fully saturated rings. The number of likely N-dealkylation sites (tertiary alicyclic amines) is 1. The first kappa shape index (κ1) is 18.2. The number of carbonyl (C=O) groups is 1. The Kier molecular flexibility index (Phi) is 5.37. The van der Waals surface area contributed by atoms with Gasteiger partial charge in [0.05, 0.1) is 5.92 Å². The van der Waals surface area contributed by atoms with Crippen LogP contribution in [0.1, 0.15) is 30.2 Å². The fourth-order valence-electron chi connectivity index (χ4n) is 3.44. The van der Waals surface area contributed by atoms with Crippen molar-refractivity contribution in [3.05, 3.63) is 66.1 Å². The molecule has 0 radical (unpaired) electrons. The summed E-state index contributed by atoms with van der Waals surface area (Å²) in [7, 11) is 0. The van der Waals surface area contributed by atoms with Gasteiger partial charge in [0.1, 0.15) is 5.75 Å². The largest absolute Gasteiger partial charge is 0.484 e. The predicted octanol–water partition coefficient (Wildman–Crippen LogP) is 3.83. The molecule has 1 saturated heterocycles. The SMILES string of the molecule is Cc1cccc(OCC(=O)N2CCCC(c3nnc(-c4ccccc4)o3)C2)c1. The second-order valence-corrected chi connectivity index (χ2v) is 7.10. The molecule has 1 unspecified atom stereocenters. The number of piperidine rings is 1. The van der Waals surface area contributed by atoms with Crippen LogP contribution in [0.3, 0.4) is 0 Å². The van der Waals surface area contributed by atoms with E-state index in [4.69, 9.17) is 9.15 Å². The number of ether oxygens (including phenoxy) is 1. The van der Waals surface area contributed by atoms with Crippen molar-refractivity contribution in [1.82, 2.24) is 15.1 Å². The first-order valence-corrected chi connectivity index (χ1v) is 9.55. The molecule has 28 heavy (non-hydrogen) atoms. The van der Waals surface area contributed by atoms with Crippen molar-refractivity contribution in [2.45, 2.75) is 25.7 Å². The van der Waals surface area contributed by atoms with E-state index in [0.717, 1.165) is 30.5 Å². The van der Waals surface area contributed by atoms with E-state index in [0.29, 0.717) is 24.1 Å². The Hall–Kier alpha value is -3.15. The Labute approximate surface area is 164 Å². The maximum absolute atomic E-state index is 12.6. The van der Waals surface area contributed by atoms with Crippen molar-refractivity contribution in [1.29, 1.82) is 0 Å². The summed E-state index contributed by atoms with van der Waals surface area (Å²) in [5.74, 6) is 1.86. The monoisotopic (exact) mass is 377 g/mol. The van der Waals surface area contributed by atoms with Crippen LogP contribution in [0.5, 0.6) is 5.75 Å². The van der Waals surface area contributed by atoms with Gasteiger partial charge < -0.3 is 14.1 Å². The number of aromatic nitrogens is 2. The summed E-state index contributed by atoms with van der Waals surface area (Å²) in [5, 5.41) is 8.40. The van der Waals surface area contributed by atoms with Crippen LogP contribution in [-0.4, -0.2) is 40.7 Å². The van der Waals surface area contributed by atoms with Crippen LogP contribution in [0.25, 0.3) is 11.5 Å². The second-order valence-electron chi connectivity index (χ2n) is 7.10. The van der Waals surface area contributed by atoms with E-state index in [-0.39, 0.29) is 18.4 Å². The molecule has 0 aliphatic carbocycles. The van der Waals surface area contributed by atoms with E-state index in [2.05, 4.69) is 10.2 Å². The fraction of sp³-hybridized carbons (Fsp3) is 0.318. The molecular weight excluding hydrogens is 354 g/mol. The highest BCUT2D eigenvalue weighted by Gasteiger charge is 2.28. The van der Waals surface area contributed by atoms with Crippen molar-refractivity contribution in [3.63, 3.8) is 0 Å². The predicted molar refractivity (Wildman–Crippen MR) is 105 cm³/mol. The smallest absolute Gasteiger partial charge is 0.260 e. The van der Waals surface area contributed by atoms with Gasteiger partial charge in [0.25, 0.3) is 5.91 Å². The minimum Gasteiger partial charge on any atom is -0.484 e. The minimum atomic E-state index is -0.0194. The van der Waals surface area contributed by atoms with E-state index in [1.54, 1.807) is 0 Å². The highest BCUT2D eigenvalue weighted by molar-refractivity contribution is 5.78. The Morgan fingerprint density at radius 1 is 1.18 bits per heavy atom. The highest BCUT2D eigenvalue weighted by Crippen LogP contribution is 2.28. The van der Waals surface area contributed by atoms with Gasteiger partial charge in [-0.1, -0.05) is 30.3 Å². The Bertz CT molecular complexity index is 939. The van der Waals surface area contributed by atoms with Gasteiger partial charge in [0, 0.05) is 18.7 Å². The average molecular weight is 377 g/mol. The van der Waals surface area contributed by atoms with Crippen molar-refractivity contribution in [2.24, 2.45) is 0 Å². The maximum Gasteiger partial charge on any atom is 0.260 e. The number of nitrogens with zero attached hydrogens (tertiary/aromatic N) is 3. The van der Waals surface area contributed by atoms with Crippen LogP contribution in [0, 0.1) is 6.92 Å². The van der Waals surface area contributed by atoms with Crippen molar-refractivity contribution < 1.29 is 13.9 Å². The molecule has 6 nitrogen and oxygen atoms in total. The Morgan fingerprint density at radius 3 is 2.86 bits per heavy atom. The molecule has 1 aromatic heterocycles. The first-order valence-electron chi connectivity index (χ1n) is 9.55. The van der Waals surface area contributed by atoms with Crippen LogP contribution < -0.4 is 4.74 Å². The molecule has 3 aromatic rings. The standard InChI is InChI=1S/C22H23N3O3/c1-16-7-5-11-19(13-16)27-15-20(26)25-12-6-10-18(14-25)22-24-23-21(28-22)17-8-3-2-4-9-17/h2-5,7-9,11,13,18H,6,10,12,14-15H2,1H3. The number of hydrogen-bond acceptors (Lipinski definition) is 5. The summed E-state index contributed by atoms with van der Waals surface area (Å²) < 4.78 is 11.6. The van der Waals surface area contributed by atoms with Crippen molar-refractivity contribution in [3.8, 4) is 17.2 Å². The summed E-state index contributed by atoms with van der Waals surface area (Å²) in [4.78, 5) is 14.4. The fourth-order valence-corrected chi connectivity index (χ4v) is 3.44. The Balaban J connectivity index is 1.37. The number of amides is 1. The van der Waals surface area contributed by atoms with E-state index >= 15 is 0 Å². The van der Waals surface area contributed by atoms with E-state index in [1.165, 1.54) is 0 Å². The normalized spacial score (nSPS) is 16.8. The number of aryl methyl sites for hydroxylation is 1. The van der Waals surface area contributed by atoms with E-state index in [9.17, 15) is 4.79 Å². The number of hydrogen-bond donors (Lipinski definition) is 0. The maximum atomic E-state index is 12.6. The minimum absolute atomic E-state index is 0.0194. The van der Waals surface area contributed by atoms with Crippen LogP contribution in [-0.2, 0) is 4.79 Å². The van der Waals surface area contributed by atoms with Gasteiger partial charge in [0.15, 0.2) is 6.61 Å². The van der Waals surface area contributed by atoms with Gasteiger partial charge in [-0.25, -0.2) is 0 Å². The molecule has 2 heterocycles. The van der Waals surface area contributed by atoms with Crippen molar-refractivity contribution >= 4 is 5.91 Å². The molecule has 0 bridgehead atoms. The third-order valence-corrected chi connectivity index (χ3v) is 4.94. The molecule has 1 aliphatic heterocycles. The first-order chi connectivity index (χ1) is 13.7. The van der Waals surface area contributed by atoms with Gasteiger partial charge >= 0.3 is 0 Å². The number of rotatable bonds is 5. The summed E-state index contributed by atoms with van der Waals surface area (Å²) in [6, 6.07) is 17.4. The number of benzene rings is 2. The van der Waals surface area contributed by atoms with Gasteiger partial charge in [-0.05, 0) is 49.6 Å². The molecule has 6 heteroatoms. The molecule has 4 rings (SSSR count). The molecule has 0 N–H and O–H groups in total. The van der Waals surface area contributed by atoms with Gasteiger partial charge in [-0.3, -0.25) is 4.79 Å². The lowest BCUT2D eigenvalue weighted by Crippen LogP contribution is -2.41. The van der Waals surface area contributed by atoms with Crippen LogP contribution >= 0.6 is 0 Å². The second kappa shape index (κ2) is 8.25. The molecule has 1 aliphatic rings. The third kappa shape index (κ3) is 4.22. The number of carbonyl (C=O) groups excluding carboxylic acids is 1. The molecule has 1 amide bonds. The van der Waals surface area contributed by atoms with Crippen molar-refractivity contribution in [2.75, 3.05) is 19.7 Å². The topological polar surface area (TPSA) is 68.5 Å². The van der Waals surface area contributed by atoms with E-state index < -0.39 is 0 Å². The average Bonchev–Trinajstić information content (AvgIpc) is 3.23. The molecule has 1 atom stereocenters. The van der Waals surface area contributed by atoms with Gasteiger partial charge in [-0.2, -0.15) is 0 Å². The lowest BCUT2D eigenvalue weighted by Gasteiger charge is -2.31. The summed E-state index contributed by atoms with van der Waals surface area (Å²) in [6.45, 7) is 3.34. The van der Waals surface area contributed by atoms with Crippen LogP contribution in [0.4, 0.5) is 0 Å². The zero-order valence-electron chi connectivity index (χ0n) is 15.9. The van der Waals surface area contributed by atoms with Crippen LogP contribution in [0.2, 0.25) is 0 Å². The summed E-state index contributed by atoms with van der Waals surface area (Å²) >= 11 is 0. The lowest BCUT2D eigenvalue weighted by molar-refractivity contribution is -0.134. The summed E-state index contributed by atoms with van der Waals surface area (Å²) in [5.41, 5.74) is 2.00. The molecular formula is C22H23N3O3. The lowest BCUT2D eigenvalue weighted by atomic mass is 9.98. The van der Waals surface area contributed by atoms with Gasteiger partial charge in [-0.15, -0.1) is 10.2 Å². The van der Waals surface area contributed by atoms with Gasteiger partial charge in [0.2, 0.25) is 11.8 Å². The summed E-state index contributed by atoms with van der Waals surface area (Å²) in [6.07, 6.45) is 1.84. The zero-order chi connectivity index (χ0) is 19.3. The van der Waals surface area contributed by atoms with Crippen LogP contribution in [0.15, 0.2) is 59.0 Å². The highest BCUT2D eigenvalue weighted by atomic mass is 16.5. The molecule has 0 spiro atoms. The zero-order valence-corrected chi connectivity index (χ0v) is 15.9.